The molecule has 7 heteroatoms. The molecule has 2 atom stereocenters. The van der Waals surface area contributed by atoms with Gasteiger partial charge >= 0.3 is 0 Å². The zero-order valence-electron chi connectivity index (χ0n) is 12.7. The van der Waals surface area contributed by atoms with Gasteiger partial charge in [-0.25, -0.2) is 13.8 Å². The second-order valence-electron chi connectivity index (χ2n) is 4.64. The van der Waals surface area contributed by atoms with Crippen LogP contribution in [0.5, 0.6) is 0 Å². The number of likely N-dealkylation sites (N-methyl/N-ethyl adjacent to an activating group) is 1. The van der Waals surface area contributed by atoms with Crippen molar-refractivity contribution in [1.82, 2.24) is 15.2 Å². The van der Waals surface area contributed by atoms with E-state index in [1.807, 2.05) is 20.8 Å². The van der Waals surface area contributed by atoms with Gasteiger partial charge in [0.05, 0.1) is 12.3 Å². The molecule has 2 unspecified atom stereocenters. The summed E-state index contributed by atoms with van der Waals surface area (Å²) in [6.07, 6.45) is 1.28. The van der Waals surface area contributed by atoms with E-state index in [4.69, 9.17) is 0 Å². The van der Waals surface area contributed by atoms with Gasteiger partial charge in [-0.3, -0.25) is 0 Å². The molecule has 0 bridgehead atoms. The Bertz CT molecular complexity index is 404. The molecule has 19 heavy (non-hydrogen) atoms. The van der Waals surface area contributed by atoms with E-state index in [1.165, 1.54) is 10.6 Å². The van der Waals surface area contributed by atoms with Crippen LogP contribution in [0.3, 0.4) is 0 Å². The number of aliphatic hydroxyl groups is 1. The highest BCUT2D eigenvalue weighted by Crippen LogP contribution is 2.16. The van der Waals surface area contributed by atoms with Crippen molar-refractivity contribution in [3.63, 3.8) is 0 Å². The molecular weight excluding hydrogens is 266 g/mol. The first-order valence-electron chi connectivity index (χ1n) is 6.51. The Morgan fingerprint density at radius 1 is 1.32 bits per heavy atom. The summed E-state index contributed by atoms with van der Waals surface area (Å²) in [6.45, 7) is 9.57. The van der Waals surface area contributed by atoms with Crippen molar-refractivity contribution in [2.75, 3.05) is 12.8 Å². The maximum absolute atomic E-state index is 11.8. The predicted molar refractivity (Wildman–Crippen MR) is 77.6 cm³/mol. The molecule has 0 aromatic heterocycles. The molecule has 3 N–H and O–H groups in total. The summed E-state index contributed by atoms with van der Waals surface area (Å²) < 4.78 is 24.9. The van der Waals surface area contributed by atoms with E-state index in [2.05, 4.69) is 10.9 Å². The summed E-state index contributed by atoms with van der Waals surface area (Å²) in [4.78, 5) is 0. The Kier molecular flexibility index (Phi) is 7.58. The van der Waals surface area contributed by atoms with E-state index in [0.29, 0.717) is 6.54 Å². The van der Waals surface area contributed by atoms with Crippen molar-refractivity contribution in [3.8, 4) is 0 Å². The molecule has 6 nitrogen and oxygen atoms in total. The molecule has 114 valence electrons. The van der Waals surface area contributed by atoms with Crippen LogP contribution in [0.2, 0.25) is 0 Å². The summed E-state index contributed by atoms with van der Waals surface area (Å²) in [7, 11) is -3.27. The average molecular weight is 293 g/mol. The van der Waals surface area contributed by atoms with Crippen LogP contribution in [0.15, 0.2) is 11.3 Å². The molecule has 0 saturated heterocycles. The van der Waals surface area contributed by atoms with E-state index in [1.54, 1.807) is 13.8 Å². The van der Waals surface area contributed by atoms with Crippen LogP contribution in [0.4, 0.5) is 0 Å². The second kappa shape index (κ2) is 7.84. The molecule has 0 aliphatic heterocycles. The minimum absolute atomic E-state index is 0.314. The number of hydrazine groups is 1. The maximum Gasteiger partial charge on any atom is 0.211 e. The molecule has 0 aromatic rings. The zero-order chi connectivity index (χ0) is 15.2. The van der Waals surface area contributed by atoms with Crippen molar-refractivity contribution in [1.29, 1.82) is 0 Å². The number of hydrogen-bond donors (Lipinski definition) is 3. The fourth-order valence-corrected chi connectivity index (χ4v) is 3.03. The summed E-state index contributed by atoms with van der Waals surface area (Å²) in [5.41, 5.74) is 7.45. The van der Waals surface area contributed by atoms with Gasteiger partial charge in [-0.15, -0.1) is 0 Å². The van der Waals surface area contributed by atoms with Gasteiger partial charge in [-0.2, -0.15) is 4.31 Å². The highest BCUT2D eigenvalue weighted by molar-refractivity contribution is 7.88. The number of hydrogen-bond acceptors (Lipinski definition) is 5. The van der Waals surface area contributed by atoms with Crippen LogP contribution in [0, 0.1) is 0 Å². The number of allylic oxidation sites excluding steroid dienone is 1. The van der Waals surface area contributed by atoms with Gasteiger partial charge in [0.15, 0.2) is 0 Å². The van der Waals surface area contributed by atoms with Crippen LogP contribution >= 0.6 is 0 Å². The Balaban J connectivity index is 5.27. The average Bonchev–Trinajstić information content (AvgIpc) is 2.27. The second-order valence-corrected chi connectivity index (χ2v) is 6.57. The standard InChI is InChI=1S/C12H27N3O3S/c1-7-9(3)12(14-13-11(5)16)10(4)15(8-2)19(6,17)18/h10-11,13-14,16H,7-8H2,1-6H3/b12-9-. The van der Waals surface area contributed by atoms with E-state index < -0.39 is 16.3 Å². The Labute approximate surface area is 116 Å². The Morgan fingerprint density at radius 2 is 1.84 bits per heavy atom. The van der Waals surface area contributed by atoms with Crippen LogP contribution in [0.1, 0.15) is 41.0 Å². The van der Waals surface area contributed by atoms with Crippen molar-refractivity contribution in [2.45, 2.75) is 53.3 Å². The quantitative estimate of drug-likeness (QED) is 0.455. The van der Waals surface area contributed by atoms with E-state index in [9.17, 15) is 13.5 Å². The fourth-order valence-electron chi connectivity index (χ4n) is 1.88. The zero-order valence-corrected chi connectivity index (χ0v) is 13.5. The number of aliphatic hydroxyl groups excluding tert-OH is 1. The summed E-state index contributed by atoms with van der Waals surface area (Å²) in [6, 6.07) is -0.314. The highest BCUT2D eigenvalue weighted by atomic mass is 32.2. The third-order valence-corrected chi connectivity index (χ3v) is 4.42. The van der Waals surface area contributed by atoms with Gasteiger partial charge in [-0.05, 0) is 27.2 Å². The van der Waals surface area contributed by atoms with Gasteiger partial charge in [0, 0.05) is 12.2 Å². The van der Waals surface area contributed by atoms with Gasteiger partial charge < -0.3 is 10.5 Å². The normalized spacial score (nSPS) is 17.1. The monoisotopic (exact) mass is 293 g/mol. The molecule has 0 amide bonds. The molecular formula is C12H27N3O3S. The number of sulfonamides is 1. The summed E-state index contributed by atoms with van der Waals surface area (Å²) in [5, 5.41) is 9.27. The van der Waals surface area contributed by atoms with Crippen molar-refractivity contribution < 1.29 is 13.5 Å². The molecule has 0 aliphatic rings. The van der Waals surface area contributed by atoms with Crippen LogP contribution < -0.4 is 10.9 Å². The molecule has 0 heterocycles. The third-order valence-electron chi connectivity index (χ3n) is 2.99. The van der Waals surface area contributed by atoms with Crippen LogP contribution in [0.25, 0.3) is 0 Å². The van der Waals surface area contributed by atoms with Crippen molar-refractivity contribution in [2.24, 2.45) is 0 Å². The lowest BCUT2D eigenvalue weighted by molar-refractivity contribution is 0.140. The SMILES string of the molecule is CC/C(C)=C(\NNC(C)O)C(C)N(CC)S(C)(=O)=O. The highest BCUT2D eigenvalue weighted by Gasteiger charge is 2.25. The third kappa shape index (κ3) is 5.90. The van der Waals surface area contributed by atoms with E-state index in [-0.39, 0.29) is 6.04 Å². The first-order chi connectivity index (χ1) is 8.65. The van der Waals surface area contributed by atoms with Gasteiger partial charge in [0.1, 0.15) is 6.23 Å². The van der Waals surface area contributed by atoms with Gasteiger partial charge in [0.2, 0.25) is 10.0 Å². The molecule has 0 aliphatic carbocycles. The minimum atomic E-state index is -3.27. The first-order valence-corrected chi connectivity index (χ1v) is 8.35. The molecule has 0 saturated carbocycles. The lowest BCUT2D eigenvalue weighted by Gasteiger charge is -2.30. The van der Waals surface area contributed by atoms with E-state index in [0.717, 1.165) is 17.7 Å². The Morgan fingerprint density at radius 3 is 2.16 bits per heavy atom. The summed E-state index contributed by atoms with van der Waals surface area (Å²) >= 11 is 0. The molecule has 0 aromatic carbocycles. The van der Waals surface area contributed by atoms with Crippen LogP contribution in [-0.4, -0.2) is 42.9 Å². The first kappa shape index (κ1) is 18.4. The predicted octanol–water partition coefficient (Wildman–Crippen LogP) is 0.773. The van der Waals surface area contributed by atoms with Crippen molar-refractivity contribution in [3.05, 3.63) is 11.3 Å². The lowest BCUT2D eigenvalue weighted by Crippen LogP contribution is -2.47. The van der Waals surface area contributed by atoms with E-state index >= 15 is 0 Å². The topological polar surface area (TPSA) is 81.7 Å². The molecule has 0 radical (unpaired) electrons. The molecule has 0 fully saturated rings. The summed E-state index contributed by atoms with van der Waals surface area (Å²) in [5.74, 6) is 0. The largest absolute Gasteiger partial charge is 0.377 e. The fraction of sp³-hybridized carbons (Fsp3) is 0.833. The van der Waals surface area contributed by atoms with Gasteiger partial charge in [-0.1, -0.05) is 19.4 Å². The molecule has 0 rings (SSSR count). The smallest absolute Gasteiger partial charge is 0.211 e. The van der Waals surface area contributed by atoms with Gasteiger partial charge in [0.25, 0.3) is 0 Å². The number of nitrogens with zero attached hydrogens (tertiary/aromatic N) is 1. The number of rotatable bonds is 8. The minimum Gasteiger partial charge on any atom is -0.377 e. The van der Waals surface area contributed by atoms with Crippen molar-refractivity contribution >= 4 is 10.0 Å². The molecule has 0 spiro atoms. The number of nitrogens with one attached hydrogen (secondary N) is 2. The Hall–Kier alpha value is -0.630. The maximum atomic E-state index is 11.8. The van der Waals surface area contributed by atoms with Crippen LogP contribution in [-0.2, 0) is 10.0 Å². The lowest BCUT2D eigenvalue weighted by atomic mass is 10.1.